The fraction of sp³-hybridized carbons (Fsp3) is 0.286. The monoisotopic (exact) mass is 355 g/mol. The smallest absolute Gasteiger partial charge is 0.341 e. The molecule has 0 radical (unpaired) electrons. The van der Waals surface area contributed by atoms with Gasteiger partial charge in [-0.1, -0.05) is 0 Å². The molecule has 21 heavy (non-hydrogen) atoms. The third-order valence-electron chi connectivity index (χ3n) is 2.93. The number of aromatic nitrogens is 2. The summed E-state index contributed by atoms with van der Waals surface area (Å²) in [5, 5.41) is 7.21. The number of nitrogens with zero attached hydrogens (tertiary/aromatic N) is 2. The SMILES string of the molecule is CCOC(=O)c1cnn(C)c1CNc1ccc(F)cc1Br. The number of esters is 1. The van der Waals surface area contributed by atoms with Crippen LogP contribution in [0.1, 0.15) is 23.0 Å². The number of carbonyl (C=O) groups excluding carboxylic acids is 1. The number of aryl methyl sites for hydroxylation is 1. The largest absolute Gasteiger partial charge is 0.462 e. The van der Waals surface area contributed by atoms with Crippen molar-refractivity contribution in [2.45, 2.75) is 13.5 Å². The summed E-state index contributed by atoms with van der Waals surface area (Å²) in [6.07, 6.45) is 1.48. The van der Waals surface area contributed by atoms with E-state index in [4.69, 9.17) is 4.74 Å². The van der Waals surface area contributed by atoms with Gasteiger partial charge in [-0.2, -0.15) is 5.10 Å². The molecule has 2 aromatic rings. The zero-order valence-corrected chi connectivity index (χ0v) is 13.3. The Morgan fingerprint density at radius 1 is 1.52 bits per heavy atom. The van der Waals surface area contributed by atoms with E-state index in [9.17, 15) is 9.18 Å². The van der Waals surface area contributed by atoms with Crippen molar-refractivity contribution in [3.8, 4) is 0 Å². The topological polar surface area (TPSA) is 56.1 Å². The molecule has 0 aliphatic heterocycles. The summed E-state index contributed by atoms with van der Waals surface area (Å²) in [7, 11) is 1.75. The highest BCUT2D eigenvalue weighted by atomic mass is 79.9. The van der Waals surface area contributed by atoms with E-state index < -0.39 is 5.97 Å². The Kier molecular flexibility index (Phi) is 4.95. The molecule has 0 amide bonds. The van der Waals surface area contributed by atoms with Crippen LogP contribution >= 0.6 is 15.9 Å². The molecule has 1 heterocycles. The van der Waals surface area contributed by atoms with Gasteiger partial charge in [0.05, 0.1) is 25.0 Å². The number of carbonyl (C=O) groups is 1. The Bertz CT molecular complexity index is 658. The third kappa shape index (κ3) is 3.60. The second-order valence-corrected chi connectivity index (χ2v) is 5.18. The molecular weight excluding hydrogens is 341 g/mol. The molecule has 0 fully saturated rings. The molecule has 0 atom stereocenters. The van der Waals surface area contributed by atoms with Crippen molar-refractivity contribution in [3.63, 3.8) is 0 Å². The summed E-state index contributed by atoms with van der Waals surface area (Å²) in [4.78, 5) is 11.8. The van der Waals surface area contributed by atoms with E-state index in [1.807, 2.05) is 0 Å². The summed E-state index contributed by atoms with van der Waals surface area (Å²) in [6, 6.07) is 4.36. The van der Waals surface area contributed by atoms with Crippen LogP contribution in [-0.4, -0.2) is 22.4 Å². The molecular formula is C14H15BrFN3O2. The van der Waals surface area contributed by atoms with Crippen LogP contribution < -0.4 is 5.32 Å². The lowest BCUT2D eigenvalue weighted by atomic mass is 10.2. The first kappa shape index (κ1) is 15.5. The number of halogens is 2. The van der Waals surface area contributed by atoms with E-state index in [1.54, 1.807) is 24.7 Å². The van der Waals surface area contributed by atoms with E-state index in [1.165, 1.54) is 18.3 Å². The van der Waals surface area contributed by atoms with Gasteiger partial charge in [-0.3, -0.25) is 4.68 Å². The molecule has 0 aliphatic rings. The van der Waals surface area contributed by atoms with Crippen LogP contribution in [0.3, 0.4) is 0 Å². The molecule has 0 saturated carbocycles. The van der Waals surface area contributed by atoms with E-state index in [0.29, 0.717) is 28.9 Å². The quantitative estimate of drug-likeness (QED) is 0.837. The van der Waals surface area contributed by atoms with E-state index >= 15 is 0 Å². The maximum absolute atomic E-state index is 13.0. The first-order valence-corrected chi connectivity index (χ1v) is 7.19. The molecule has 0 spiro atoms. The normalized spacial score (nSPS) is 10.5. The minimum atomic E-state index is -0.402. The fourth-order valence-corrected chi connectivity index (χ4v) is 2.35. The van der Waals surface area contributed by atoms with Gasteiger partial charge in [0, 0.05) is 17.2 Å². The predicted molar refractivity (Wildman–Crippen MR) is 80.6 cm³/mol. The number of hydrogen-bond acceptors (Lipinski definition) is 4. The van der Waals surface area contributed by atoms with Crippen molar-refractivity contribution in [2.75, 3.05) is 11.9 Å². The number of ether oxygens (including phenoxy) is 1. The van der Waals surface area contributed by atoms with Crippen LogP contribution in [0.2, 0.25) is 0 Å². The first-order valence-electron chi connectivity index (χ1n) is 6.39. The second-order valence-electron chi connectivity index (χ2n) is 4.33. The highest BCUT2D eigenvalue weighted by molar-refractivity contribution is 9.10. The van der Waals surface area contributed by atoms with Gasteiger partial charge in [0.25, 0.3) is 0 Å². The van der Waals surface area contributed by atoms with E-state index in [2.05, 4.69) is 26.3 Å². The zero-order chi connectivity index (χ0) is 15.4. The lowest BCUT2D eigenvalue weighted by Crippen LogP contribution is -2.12. The van der Waals surface area contributed by atoms with Crippen LogP contribution in [0.25, 0.3) is 0 Å². The van der Waals surface area contributed by atoms with Crippen molar-refractivity contribution in [2.24, 2.45) is 7.05 Å². The van der Waals surface area contributed by atoms with Crippen molar-refractivity contribution >= 4 is 27.6 Å². The van der Waals surface area contributed by atoms with Gasteiger partial charge < -0.3 is 10.1 Å². The number of rotatable bonds is 5. The fourth-order valence-electron chi connectivity index (χ4n) is 1.86. The number of benzene rings is 1. The first-order chi connectivity index (χ1) is 10.0. The Morgan fingerprint density at radius 2 is 2.29 bits per heavy atom. The number of nitrogens with one attached hydrogen (secondary N) is 1. The minimum Gasteiger partial charge on any atom is -0.462 e. The van der Waals surface area contributed by atoms with Crippen molar-refractivity contribution < 1.29 is 13.9 Å². The van der Waals surface area contributed by atoms with Crippen LogP contribution in [0.15, 0.2) is 28.9 Å². The standard InChI is InChI=1S/C14H15BrFN3O2/c1-3-21-14(20)10-7-18-19(2)13(10)8-17-12-5-4-9(16)6-11(12)15/h4-7,17H,3,8H2,1-2H3. The number of anilines is 1. The van der Waals surface area contributed by atoms with Crippen molar-refractivity contribution in [1.82, 2.24) is 9.78 Å². The van der Waals surface area contributed by atoms with Gasteiger partial charge >= 0.3 is 5.97 Å². The molecule has 2 rings (SSSR count). The van der Waals surface area contributed by atoms with E-state index in [-0.39, 0.29) is 5.82 Å². The summed E-state index contributed by atoms with van der Waals surface area (Å²) < 4.78 is 20.3. The van der Waals surface area contributed by atoms with Gasteiger partial charge in [-0.05, 0) is 41.1 Å². The average Bonchev–Trinajstić information content (AvgIpc) is 2.79. The summed E-state index contributed by atoms with van der Waals surface area (Å²) in [5.41, 5.74) is 1.85. The lowest BCUT2D eigenvalue weighted by molar-refractivity contribution is 0.0525. The molecule has 1 N–H and O–H groups in total. The van der Waals surface area contributed by atoms with Crippen LogP contribution in [0.4, 0.5) is 10.1 Å². The Balaban J connectivity index is 2.16. The molecule has 0 aliphatic carbocycles. The molecule has 0 unspecified atom stereocenters. The number of hydrogen-bond donors (Lipinski definition) is 1. The average molecular weight is 356 g/mol. The van der Waals surface area contributed by atoms with E-state index in [0.717, 1.165) is 5.69 Å². The van der Waals surface area contributed by atoms with Crippen LogP contribution in [0, 0.1) is 5.82 Å². The Labute approximate surface area is 130 Å². The summed E-state index contributed by atoms with van der Waals surface area (Å²) in [6.45, 7) is 2.43. The van der Waals surface area contributed by atoms with Crippen LogP contribution in [-0.2, 0) is 18.3 Å². The van der Waals surface area contributed by atoms with Gasteiger partial charge in [0.1, 0.15) is 11.4 Å². The molecule has 1 aromatic carbocycles. The molecule has 0 saturated heterocycles. The predicted octanol–water partition coefficient (Wildman–Crippen LogP) is 3.11. The molecule has 0 bridgehead atoms. The maximum atomic E-state index is 13.0. The minimum absolute atomic E-state index is 0.310. The molecule has 5 nitrogen and oxygen atoms in total. The molecule has 112 valence electrons. The summed E-state index contributed by atoms with van der Waals surface area (Å²) in [5.74, 6) is -0.722. The molecule has 7 heteroatoms. The highest BCUT2D eigenvalue weighted by Crippen LogP contribution is 2.24. The van der Waals surface area contributed by atoms with Gasteiger partial charge in [0.15, 0.2) is 0 Å². The zero-order valence-electron chi connectivity index (χ0n) is 11.7. The molecule has 1 aromatic heterocycles. The van der Waals surface area contributed by atoms with Gasteiger partial charge in [-0.25, -0.2) is 9.18 Å². The van der Waals surface area contributed by atoms with Crippen LogP contribution in [0.5, 0.6) is 0 Å². The maximum Gasteiger partial charge on any atom is 0.341 e. The highest BCUT2D eigenvalue weighted by Gasteiger charge is 2.17. The van der Waals surface area contributed by atoms with Gasteiger partial charge in [0.2, 0.25) is 0 Å². The lowest BCUT2D eigenvalue weighted by Gasteiger charge is -2.10. The summed E-state index contributed by atoms with van der Waals surface area (Å²) >= 11 is 3.29. The second kappa shape index (κ2) is 6.71. The Hall–Kier alpha value is -1.89. The Morgan fingerprint density at radius 3 is 2.95 bits per heavy atom. The van der Waals surface area contributed by atoms with Crippen molar-refractivity contribution in [3.05, 3.63) is 45.9 Å². The van der Waals surface area contributed by atoms with Crippen molar-refractivity contribution in [1.29, 1.82) is 0 Å². The van der Waals surface area contributed by atoms with Gasteiger partial charge in [-0.15, -0.1) is 0 Å². The third-order valence-corrected chi connectivity index (χ3v) is 3.59.